The van der Waals surface area contributed by atoms with E-state index in [4.69, 9.17) is 9.47 Å². The average Bonchev–Trinajstić information content (AvgIpc) is 2.78. The van der Waals surface area contributed by atoms with Crippen LogP contribution in [0.4, 0.5) is 0 Å². The highest BCUT2D eigenvalue weighted by atomic mass is 16.5. The molecule has 22 heavy (non-hydrogen) atoms. The van der Waals surface area contributed by atoms with Crippen LogP contribution in [-0.2, 0) is 19.1 Å². The van der Waals surface area contributed by atoms with Gasteiger partial charge in [0.15, 0.2) is 0 Å². The van der Waals surface area contributed by atoms with Gasteiger partial charge >= 0.3 is 0 Å². The molecule has 128 valence electrons. The van der Waals surface area contributed by atoms with Crippen LogP contribution in [0.25, 0.3) is 0 Å². The Morgan fingerprint density at radius 3 is 2.27 bits per heavy atom. The molecule has 1 saturated heterocycles. The quantitative estimate of drug-likeness (QED) is 0.631. The number of carbonyl (C=O) groups excluding carboxylic acids is 2. The van der Waals surface area contributed by atoms with Crippen molar-refractivity contribution in [3.63, 3.8) is 0 Å². The van der Waals surface area contributed by atoms with E-state index in [1.54, 1.807) is 12.0 Å². The van der Waals surface area contributed by atoms with Crippen LogP contribution in [0, 0.1) is 5.92 Å². The van der Waals surface area contributed by atoms with E-state index in [2.05, 4.69) is 13.8 Å². The van der Waals surface area contributed by atoms with E-state index in [-0.39, 0.29) is 24.3 Å². The van der Waals surface area contributed by atoms with Gasteiger partial charge in [0.1, 0.15) is 6.61 Å². The normalized spacial score (nSPS) is 16.0. The number of methoxy groups -OCH3 is 1. The summed E-state index contributed by atoms with van der Waals surface area (Å²) in [5.41, 5.74) is 0. The molecular formula is C16H30N2O4. The van der Waals surface area contributed by atoms with E-state index in [0.717, 1.165) is 25.8 Å². The van der Waals surface area contributed by atoms with Gasteiger partial charge in [-0.3, -0.25) is 9.59 Å². The molecule has 1 rings (SSSR count). The third-order valence-corrected chi connectivity index (χ3v) is 4.15. The first-order chi connectivity index (χ1) is 10.6. The number of carbonyl (C=O) groups is 2. The van der Waals surface area contributed by atoms with Gasteiger partial charge in [0.25, 0.3) is 0 Å². The highest BCUT2D eigenvalue weighted by molar-refractivity contribution is 5.79. The lowest BCUT2D eigenvalue weighted by molar-refractivity contribution is -0.138. The molecular weight excluding hydrogens is 284 g/mol. The molecule has 0 bridgehead atoms. The number of hydrogen-bond donors (Lipinski definition) is 0. The Balaban J connectivity index is 2.41. The number of hydrogen-bond acceptors (Lipinski definition) is 4. The van der Waals surface area contributed by atoms with Crippen molar-refractivity contribution in [2.24, 2.45) is 5.92 Å². The molecule has 0 aromatic rings. The molecule has 0 spiro atoms. The molecule has 0 unspecified atom stereocenters. The van der Waals surface area contributed by atoms with Crippen molar-refractivity contribution < 1.29 is 19.1 Å². The van der Waals surface area contributed by atoms with Crippen LogP contribution >= 0.6 is 0 Å². The van der Waals surface area contributed by atoms with Crippen molar-refractivity contribution in [2.75, 3.05) is 53.1 Å². The second kappa shape index (κ2) is 10.6. The summed E-state index contributed by atoms with van der Waals surface area (Å²) >= 11 is 0. The van der Waals surface area contributed by atoms with Gasteiger partial charge in [-0.05, 0) is 19.3 Å². The number of amides is 2. The number of rotatable bonds is 8. The minimum atomic E-state index is -0.00654. The Morgan fingerprint density at radius 1 is 1.00 bits per heavy atom. The van der Waals surface area contributed by atoms with Crippen LogP contribution in [-0.4, -0.2) is 74.7 Å². The zero-order valence-corrected chi connectivity index (χ0v) is 14.2. The number of nitrogens with zero attached hydrogens (tertiary/aromatic N) is 2. The van der Waals surface area contributed by atoms with E-state index < -0.39 is 0 Å². The first-order valence-electron chi connectivity index (χ1n) is 8.27. The van der Waals surface area contributed by atoms with Gasteiger partial charge in [-0.25, -0.2) is 0 Å². The second-order valence-corrected chi connectivity index (χ2v) is 5.62. The minimum absolute atomic E-state index is 0.00654. The maximum absolute atomic E-state index is 12.4. The van der Waals surface area contributed by atoms with E-state index in [1.807, 2.05) is 4.90 Å². The second-order valence-electron chi connectivity index (χ2n) is 5.62. The standard InChI is InChI=1S/C16H30N2O4/c1-4-14(5-2)16(20)18-8-6-7-17(9-10-18)15(19)13-22-12-11-21-3/h14H,4-13H2,1-3H3. The van der Waals surface area contributed by atoms with E-state index in [0.29, 0.717) is 32.8 Å². The summed E-state index contributed by atoms with van der Waals surface area (Å²) in [5.74, 6) is 0.336. The van der Waals surface area contributed by atoms with Crippen LogP contribution < -0.4 is 0 Å². The van der Waals surface area contributed by atoms with E-state index in [1.165, 1.54) is 0 Å². The third-order valence-electron chi connectivity index (χ3n) is 4.15. The molecule has 0 aromatic carbocycles. The predicted octanol–water partition coefficient (Wildman–Crippen LogP) is 1.15. The molecule has 0 aromatic heterocycles. The van der Waals surface area contributed by atoms with Crippen molar-refractivity contribution in [2.45, 2.75) is 33.1 Å². The highest BCUT2D eigenvalue weighted by Gasteiger charge is 2.25. The molecule has 1 aliphatic heterocycles. The van der Waals surface area contributed by atoms with Gasteiger partial charge in [-0.1, -0.05) is 13.8 Å². The van der Waals surface area contributed by atoms with Crippen LogP contribution in [0.3, 0.4) is 0 Å². The fourth-order valence-electron chi connectivity index (χ4n) is 2.68. The molecule has 6 heteroatoms. The summed E-state index contributed by atoms with van der Waals surface area (Å²) in [4.78, 5) is 28.2. The Bertz CT molecular complexity index is 345. The topological polar surface area (TPSA) is 59.1 Å². The third kappa shape index (κ3) is 5.93. The smallest absolute Gasteiger partial charge is 0.248 e. The molecule has 2 amide bonds. The van der Waals surface area contributed by atoms with E-state index in [9.17, 15) is 9.59 Å². The fourth-order valence-corrected chi connectivity index (χ4v) is 2.68. The van der Waals surface area contributed by atoms with Crippen LogP contribution in [0.5, 0.6) is 0 Å². The maximum atomic E-state index is 12.4. The SMILES string of the molecule is CCC(CC)C(=O)N1CCCN(C(=O)COCCOC)CC1. The zero-order chi connectivity index (χ0) is 16.4. The van der Waals surface area contributed by atoms with Crippen molar-refractivity contribution in [1.29, 1.82) is 0 Å². The molecule has 0 saturated carbocycles. The Hall–Kier alpha value is -1.14. The molecule has 6 nitrogen and oxygen atoms in total. The monoisotopic (exact) mass is 314 g/mol. The molecule has 1 heterocycles. The average molecular weight is 314 g/mol. The zero-order valence-electron chi connectivity index (χ0n) is 14.2. The Labute approximate surface area is 133 Å². The summed E-state index contributed by atoms with van der Waals surface area (Å²) in [6, 6.07) is 0. The van der Waals surface area contributed by atoms with Gasteiger partial charge in [-0.15, -0.1) is 0 Å². The highest BCUT2D eigenvalue weighted by Crippen LogP contribution is 2.14. The molecule has 1 aliphatic rings. The largest absolute Gasteiger partial charge is 0.382 e. The Kier molecular flexibility index (Phi) is 9.08. The lowest BCUT2D eigenvalue weighted by Crippen LogP contribution is -2.40. The van der Waals surface area contributed by atoms with Gasteiger partial charge in [0, 0.05) is 39.2 Å². The first-order valence-corrected chi connectivity index (χ1v) is 8.27. The van der Waals surface area contributed by atoms with Gasteiger partial charge in [-0.2, -0.15) is 0 Å². The van der Waals surface area contributed by atoms with E-state index >= 15 is 0 Å². The van der Waals surface area contributed by atoms with Crippen LogP contribution in [0.2, 0.25) is 0 Å². The fraction of sp³-hybridized carbons (Fsp3) is 0.875. The predicted molar refractivity (Wildman–Crippen MR) is 84.5 cm³/mol. The maximum Gasteiger partial charge on any atom is 0.248 e. The van der Waals surface area contributed by atoms with Crippen LogP contribution in [0.1, 0.15) is 33.1 Å². The Morgan fingerprint density at radius 2 is 1.64 bits per heavy atom. The number of ether oxygens (including phenoxy) is 2. The lowest BCUT2D eigenvalue weighted by Gasteiger charge is -2.25. The van der Waals surface area contributed by atoms with Crippen molar-refractivity contribution >= 4 is 11.8 Å². The summed E-state index contributed by atoms with van der Waals surface area (Å²) in [6.07, 6.45) is 2.58. The van der Waals surface area contributed by atoms with Crippen LogP contribution in [0.15, 0.2) is 0 Å². The van der Waals surface area contributed by atoms with Gasteiger partial charge in [0.05, 0.1) is 13.2 Å². The van der Waals surface area contributed by atoms with Gasteiger partial charge in [0.2, 0.25) is 11.8 Å². The molecule has 0 N–H and O–H groups in total. The first kappa shape index (κ1) is 18.9. The summed E-state index contributed by atoms with van der Waals surface area (Å²) in [7, 11) is 1.60. The van der Waals surface area contributed by atoms with Crippen molar-refractivity contribution in [3.8, 4) is 0 Å². The molecule has 0 aliphatic carbocycles. The molecule has 1 fully saturated rings. The lowest BCUT2D eigenvalue weighted by atomic mass is 10.0. The van der Waals surface area contributed by atoms with Gasteiger partial charge < -0.3 is 19.3 Å². The molecule has 0 radical (unpaired) electrons. The summed E-state index contributed by atoms with van der Waals surface area (Å²) < 4.78 is 10.2. The van der Waals surface area contributed by atoms with Crippen molar-refractivity contribution in [1.82, 2.24) is 9.80 Å². The summed E-state index contributed by atoms with van der Waals surface area (Å²) in [6.45, 7) is 7.76. The summed E-state index contributed by atoms with van der Waals surface area (Å²) in [5, 5.41) is 0. The minimum Gasteiger partial charge on any atom is -0.382 e. The molecule has 0 atom stereocenters. The van der Waals surface area contributed by atoms with Crippen molar-refractivity contribution in [3.05, 3.63) is 0 Å².